The Balaban J connectivity index is 2.04. The minimum absolute atomic E-state index is 0.454. The van der Waals surface area contributed by atoms with Crippen LogP contribution in [0.15, 0.2) is 39.8 Å². The Labute approximate surface area is 116 Å². The van der Waals surface area contributed by atoms with Gasteiger partial charge in [0.1, 0.15) is 6.33 Å². The first kappa shape index (κ1) is 13.5. The van der Waals surface area contributed by atoms with Gasteiger partial charge in [0.2, 0.25) is 0 Å². The lowest BCUT2D eigenvalue weighted by atomic mass is 10.1. The molecule has 0 spiro atoms. The zero-order chi connectivity index (χ0) is 12.8. The van der Waals surface area contributed by atoms with E-state index in [0.717, 1.165) is 17.3 Å². The fourth-order valence-corrected chi connectivity index (χ4v) is 3.24. The molecule has 1 atom stereocenters. The molecule has 2 rings (SSSR count). The molecule has 96 valence electrons. The standard InChI is InChI=1S/C13H17N3S2/c1-3-12(14-4-2)10-5-7-11(8-6-10)17-13-15-9-16-18-13/h5-9,12,14H,3-4H2,1-2H3. The van der Waals surface area contributed by atoms with Crippen LogP contribution in [-0.2, 0) is 0 Å². The van der Waals surface area contributed by atoms with Crippen LogP contribution in [0.4, 0.5) is 0 Å². The second-order valence-corrected chi connectivity index (χ2v) is 6.00. The minimum atomic E-state index is 0.454. The van der Waals surface area contributed by atoms with E-state index in [4.69, 9.17) is 0 Å². The smallest absolute Gasteiger partial charge is 0.174 e. The second kappa shape index (κ2) is 6.87. The van der Waals surface area contributed by atoms with Crippen molar-refractivity contribution in [2.45, 2.75) is 35.5 Å². The number of hydrogen-bond donors (Lipinski definition) is 1. The minimum Gasteiger partial charge on any atom is -0.310 e. The molecule has 1 aromatic heterocycles. The van der Waals surface area contributed by atoms with Crippen molar-refractivity contribution in [2.75, 3.05) is 6.54 Å². The first-order valence-electron chi connectivity index (χ1n) is 6.11. The molecule has 1 aromatic carbocycles. The summed E-state index contributed by atoms with van der Waals surface area (Å²) in [6, 6.07) is 9.15. The highest BCUT2D eigenvalue weighted by atomic mass is 32.2. The fourth-order valence-electron chi connectivity index (χ4n) is 1.82. The van der Waals surface area contributed by atoms with Crippen molar-refractivity contribution in [3.8, 4) is 0 Å². The molecule has 1 N–H and O–H groups in total. The van der Waals surface area contributed by atoms with Crippen LogP contribution in [0.25, 0.3) is 0 Å². The maximum absolute atomic E-state index is 4.17. The van der Waals surface area contributed by atoms with Gasteiger partial charge in [-0.05, 0) is 42.2 Å². The van der Waals surface area contributed by atoms with E-state index >= 15 is 0 Å². The largest absolute Gasteiger partial charge is 0.310 e. The Morgan fingerprint density at radius 1 is 1.28 bits per heavy atom. The Bertz CT molecular complexity index is 454. The molecule has 0 amide bonds. The number of aromatic nitrogens is 2. The molecular formula is C13H17N3S2. The topological polar surface area (TPSA) is 37.8 Å². The van der Waals surface area contributed by atoms with Crippen molar-refractivity contribution in [1.82, 2.24) is 14.7 Å². The van der Waals surface area contributed by atoms with Gasteiger partial charge >= 0.3 is 0 Å². The summed E-state index contributed by atoms with van der Waals surface area (Å²) in [7, 11) is 0. The molecule has 0 saturated heterocycles. The third-order valence-corrected chi connectivity index (χ3v) is 4.41. The highest BCUT2D eigenvalue weighted by Crippen LogP contribution is 2.29. The van der Waals surface area contributed by atoms with Gasteiger partial charge in [-0.2, -0.15) is 4.37 Å². The van der Waals surface area contributed by atoms with Crippen LogP contribution in [0.2, 0.25) is 0 Å². The number of benzene rings is 1. The Morgan fingerprint density at radius 2 is 2.06 bits per heavy atom. The van der Waals surface area contributed by atoms with Gasteiger partial charge in [-0.1, -0.05) is 37.7 Å². The Kier molecular flexibility index (Phi) is 5.16. The van der Waals surface area contributed by atoms with Crippen molar-refractivity contribution in [1.29, 1.82) is 0 Å². The Hall–Kier alpha value is -0.910. The summed E-state index contributed by atoms with van der Waals surface area (Å²) in [4.78, 5) is 5.38. The van der Waals surface area contributed by atoms with Crippen LogP contribution in [0.5, 0.6) is 0 Å². The molecule has 3 nitrogen and oxygen atoms in total. The molecule has 1 unspecified atom stereocenters. The quantitative estimate of drug-likeness (QED) is 0.874. The van der Waals surface area contributed by atoms with Crippen molar-refractivity contribution < 1.29 is 0 Å². The van der Waals surface area contributed by atoms with E-state index in [1.165, 1.54) is 22.0 Å². The average Bonchev–Trinajstić information content (AvgIpc) is 2.90. The first-order chi connectivity index (χ1) is 8.83. The van der Waals surface area contributed by atoms with Crippen LogP contribution in [0.1, 0.15) is 31.9 Å². The summed E-state index contributed by atoms with van der Waals surface area (Å²) in [6.07, 6.45) is 2.70. The lowest BCUT2D eigenvalue weighted by Gasteiger charge is -2.16. The van der Waals surface area contributed by atoms with Gasteiger partial charge in [0, 0.05) is 10.9 Å². The van der Waals surface area contributed by atoms with Crippen molar-refractivity contribution in [3.05, 3.63) is 36.2 Å². The summed E-state index contributed by atoms with van der Waals surface area (Å²) in [5.74, 6) is 0. The summed E-state index contributed by atoms with van der Waals surface area (Å²) in [5, 5.41) is 3.49. The van der Waals surface area contributed by atoms with Gasteiger partial charge < -0.3 is 5.32 Å². The molecule has 0 aliphatic carbocycles. The van der Waals surface area contributed by atoms with Gasteiger partial charge in [-0.25, -0.2) is 4.98 Å². The SMILES string of the molecule is CCNC(CC)c1ccc(Sc2ncns2)cc1. The van der Waals surface area contributed by atoms with Gasteiger partial charge in [-0.15, -0.1) is 0 Å². The van der Waals surface area contributed by atoms with E-state index < -0.39 is 0 Å². The van der Waals surface area contributed by atoms with Crippen molar-refractivity contribution in [2.24, 2.45) is 0 Å². The maximum atomic E-state index is 4.17. The number of rotatable bonds is 6. The van der Waals surface area contributed by atoms with Gasteiger partial charge in [-0.3, -0.25) is 0 Å². The van der Waals surface area contributed by atoms with E-state index in [2.05, 4.69) is 52.8 Å². The van der Waals surface area contributed by atoms with Crippen LogP contribution >= 0.6 is 23.3 Å². The third-order valence-electron chi connectivity index (χ3n) is 2.69. The van der Waals surface area contributed by atoms with Gasteiger partial charge in [0.25, 0.3) is 0 Å². The molecular weight excluding hydrogens is 262 g/mol. The number of nitrogens with zero attached hydrogens (tertiary/aromatic N) is 2. The molecule has 2 aromatic rings. The fraction of sp³-hybridized carbons (Fsp3) is 0.385. The van der Waals surface area contributed by atoms with Gasteiger partial charge in [0.15, 0.2) is 4.34 Å². The van der Waals surface area contributed by atoms with Crippen LogP contribution in [0.3, 0.4) is 0 Å². The highest BCUT2D eigenvalue weighted by molar-refractivity contribution is 8.01. The monoisotopic (exact) mass is 279 g/mol. The Morgan fingerprint density at radius 3 is 2.61 bits per heavy atom. The molecule has 0 saturated carbocycles. The number of hydrogen-bond acceptors (Lipinski definition) is 5. The van der Waals surface area contributed by atoms with Crippen LogP contribution < -0.4 is 5.32 Å². The molecule has 1 heterocycles. The molecule has 5 heteroatoms. The van der Waals surface area contributed by atoms with E-state index in [1.54, 1.807) is 18.1 Å². The summed E-state index contributed by atoms with van der Waals surface area (Å²) < 4.78 is 4.99. The normalized spacial score (nSPS) is 12.6. The predicted molar refractivity (Wildman–Crippen MR) is 77.2 cm³/mol. The maximum Gasteiger partial charge on any atom is 0.174 e. The lowest BCUT2D eigenvalue weighted by Crippen LogP contribution is -2.19. The predicted octanol–water partition coefficient (Wildman–Crippen LogP) is 3.75. The highest BCUT2D eigenvalue weighted by Gasteiger charge is 2.07. The van der Waals surface area contributed by atoms with Crippen LogP contribution in [0, 0.1) is 0 Å². The summed E-state index contributed by atoms with van der Waals surface area (Å²) in [5.41, 5.74) is 1.35. The second-order valence-electron chi connectivity index (χ2n) is 3.90. The van der Waals surface area contributed by atoms with Crippen molar-refractivity contribution in [3.63, 3.8) is 0 Å². The average molecular weight is 279 g/mol. The van der Waals surface area contributed by atoms with E-state index in [9.17, 15) is 0 Å². The molecule has 0 aliphatic heterocycles. The van der Waals surface area contributed by atoms with Crippen LogP contribution in [-0.4, -0.2) is 15.9 Å². The molecule has 18 heavy (non-hydrogen) atoms. The third kappa shape index (κ3) is 3.54. The lowest BCUT2D eigenvalue weighted by molar-refractivity contribution is 0.537. The summed E-state index contributed by atoms with van der Waals surface area (Å²) >= 11 is 3.09. The molecule has 0 bridgehead atoms. The summed E-state index contributed by atoms with van der Waals surface area (Å²) in [6.45, 7) is 5.35. The zero-order valence-corrected chi connectivity index (χ0v) is 12.2. The van der Waals surface area contributed by atoms with Gasteiger partial charge in [0.05, 0.1) is 0 Å². The molecule has 0 radical (unpaired) electrons. The van der Waals surface area contributed by atoms with E-state index in [0.29, 0.717) is 6.04 Å². The van der Waals surface area contributed by atoms with E-state index in [1.807, 2.05) is 0 Å². The zero-order valence-electron chi connectivity index (χ0n) is 10.6. The van der Waals surface area contributed by atoms with E-state index in [-0.39, 0.29) is 0 Å². The molecule has 0 aliphatic rings. The number of nitrogens with one attached hydrogen (secondary N) is 1. The first-order valence-corrected chi connectivity index (χ1v) is 7.70. The molecule has 0 fully saturated rings. The van der Waals surface area contributed by atoms with Crippen molar-refractivity contribution >= 4 is 23.3 Å².